The number of ether oxygens (including phenoxy) is 5. The Kier molecular flexibility index (Phi) is 21.7. The molecule has 0 aliphatic carbocycles. The number of esters is 3. The van der Waals surface area contributed by atoms with Crippen molar-refractivity contribution < 1.29 is 38.1 Å². The molecule has 9 heteroatoms. The summed E-state index contributed by atoms with van der Waals surface area (Å²) in [5.74, 6) is 0.541. The Morgan fingerprint density at radius 3 is 1.24 bits per heavy atom. The van der Waals surface area contributed by atoms with Crippen molar-refractivity contribution in [2.24, 2.45) is 0 Å². The van der Waals surface area contributed by atoms with E-state index in [9.17, 15) is 14.4 Å². The maximum Gasteiger partial charge on any atom is 0.343 e. The Balaban J connectivity index is 0.951. The molecule has 0 unspecified atom stereocenters. The van der Waals surface area contributed by atoms with Crippen LogP contribution in [0.5, 0.6) is 23.0 Å². The van der Waals surface area contributed by atoms with Gasteiger partial charge in [0, 0.05) is 27.1 Å². The van der Waals surface area contributed by atoms with Gasteiger partial charge in [-0.1, -0.05) is 141 Å². The van der Waals surface area contributed by atoms with Crippen LogP contribution in [0.1, 0.15) is 157 Å². The predicted molar refractivity (Wildman–Crippen MR) is 276 cm³/mol. The summed E-state index contributed by atoms with van der Waals surface area (Å²) in [6.07, 6.45) is 21.7. The lowest BCUT2D eigenvalue weighted by Gasteiger charge is -2.13. The fourth-order valence-corrected chi connectivity index (χ4v) is 9.38. The first-order chi connectivity index (χ1) is 33.3. The molecule has 0 saturated carbocycles. The van der Waals surface area contributed by atoms with Crippen molar-refractivity contribution >= 4 is 40.0 Å². The highest BCUT2D eigenvalue weighted by molar-refractivity contribution is 7.21. The number of unbranched alkanes of at least 4 members (excludes halogenated alkanes) is 16. The Hall–Kier alpha value is -5.77. The minimum atomic E-state index is -0.684. The second kappa shape index (κ2) is 28.5. The van der Waals surface area contributed by atoms with Gasteiger partial charge in [-0.05, 0) is 128 Å². The van der Waals surface area contributed by atoms with E-state index in [1.807, 2.05) is 60.7 Å². The van der Waals surface area contributed by atoms with Gasteiger partial charge in [0.25, 0.3) is 0 Å². The van der Waals surface area contributed by atoms with E-state index in [1.165, 1.54) is 96.3 Å². The van der Waals surface area contributed by atoms with Crippen molar-refractivity contribution in [2.75, 3.05) is 13.2 Å². The average Bonchev–Trinajstić information content (AvgIpc) is 3.75. The fraction of sp³-hybridized carbons (Fsp3) is 0.407. The molecular weight excluding hydrogens is 869 g/mol. The van der Waals surface area contributed by atoms with Crippen molar-refractivity contribution in [3.05, 3.63) is 132 Å². The monoisotopic (exact) mass is 938 g/mol. The molecule has 8 nitrogen and oxygen atoms in total. The summed E-state index contributed by atoms with van der Waals surface area (Å²) in [5.41, 5.74) is 2.78. The number of carbonyl (C=O) groups excluding carboxylic acids is 3. The van der Waals surface area contributed by atoms with Gasteiger partial charge in [0.15, 0.2) is 6.10 Å². The third-order valence-corrected chi connectivity index (χ3v) is 13.5. The van der Waals surface area contributed by atoms with Gasteiger partial charge in [-0.2, -0.15) is 0 Å². The summed E-state index contributed by atoms with van der Waals surface area (Å²) in [6, 6.07) is 36.8. The van der Waals surface area contributed by atoms with Crippen LogP contribution in [0.4, 0.5) is 0 Å². The normalized spacial score (nSPS) is 11.6. The van der Waals surface area contributed by atoms with E-state index in [1.54, 1.807) is 66.8 Å². The van der Waals surface area contributed by atoms with E-state index in [2.05, 4.69) is 26.0 Å². The first-order valence-corrected chi connectivity index (χ1v) is 26.0. The number of rotatable bonds is 30. The molecule has 0 N–H and O–H groups in total. The quantitative estimate of drug-likeness (QED) is 0.0250. The van der Waals surface area contributed by atoms with Crippen LogP contribution < -0.4 is 18.9 Å². The highest BCUT2D eigenvalue weighted by atomic mass is 32.1. The zero-order valence-electron chi connectivity index (χ0n) is 40.4. The number of thiophene rings is 1. The van der Waals surface area contributed by atoms with Gasteiger partial charge in [-0.15, -0.1) is 11.3 Å². The third kappa shape index (κ3) is 16.5. The lowest BCUT2D eigenvalue weighted by Crippen LogP contribution is -2.26. The maximum atomic E-state index is 13.1. The molecule has 0 radical (unpaired) electrons. The van der Waals surface area contributed by atoms with Crippen molar-refractivity contribution in [2.45, 2.75) is 142 Å². The first-order valence-electron chi connectivity index (χ1n) is 25.2. The van der Waals surface area contributed by atoms with Gasteiger partial charge < -0.3 is 23.7 Å². The smallest absolute Gasteiger partial charge is 0.343 e. The molecule has 0 fully saturated rings. The summed E-state index contributed by atoms with van der Waals surface area (Å²) in [7, 11) is 0. The third-order valence-electron chi connectivity index (χ3n) is 12.1. The van der Waals surface area contributed by atoms with Crippen molar-refractivity contribution in [3.63, 3.8) is 0 Å². The summed E-state index contributed by atoms with van der Waals surface area (Å²) in [5, 5.41) is 2.21. The topological polar surface area (TPSA) is 97.4 Å². The molecule has 0 spiro atoms. The van der Waals surface area contributed by atoms with E-state index >= 15 is 0 Å². The Morgan fingerprint density at radius 1 is 0.426 bits per heavy atom. The molecule has 1 aromatic heterocycles. The average molecular weight is 939 g/mol. The second-order valence-corrected chi connectivity index (χ2v) is 18.6. The largest absolute Gasteiger partial charge is 0.494 e. The summed E-state index contributed by atoms with van der Waals surface area (Å²) >= 11 is 1.67. The Bertz CT molecular complexity index is 2420. The van der Waals surface area contributed by atoms with Crippen LogP contribution in [0.25, 0.3) is 31.7 Å². The van der Waals surface area contributed by atoms with Crippen molar-refractivity contribution in [1.29, 1.82) is 0 Å². The minimum Gasteiger partial charge on any atom is -0.494 e. The second-order valence-electron chi connectivity index (χ2n) is 17.6. The number of hydrogen-bond acceptors (Lipinski definition) is 9. The SMILES string of the molecule is CCCCCCCCCCCCOc1ccc(C(=O)Oc2ccc(-c3sc(-c4ccc(OC(=O)c5ccc(OC(=O)[C@H](C)OCCCCCCCCCC)cc5)cc4)c4ccccc34)cc2)cc1. The summed E-state index contributed by atoms with van der Waals surface area (Å²) in [6.45, 7) is 7.37. The molecule has 0 aliphatic rings. The van der Waals surface area contributed by atoms with Crippen LogP contribution in [-0.2, 0) is 9.53 Å². The molecule has 360 valence electrons. The van der Waals surface area contributed by atoms with Gasteiger partial charge in [0.1, 0.15) is 23.0 Å². The number of benzene rings is 5. The number of hydrogen-bond donors (Lipinski definition) is 0. The summed E-state index contributed by atoms with van der Waals surface area (Å²) < 4.78 is 28.6. The molecule has 0 aliphatic heterocycles. The van der Waals surface area contributed by atoms with Gasteiger partial charge >= 0.3 is 17.9 Å². The first kappa shape index (κ1) is 51.6. The zero-order chi connectivity index (χ0) is 47.8. The number of carbonyl (C=O) groups is 3. The lowest BCUT2D eigenvalue weighted by atomic mass is 10.0. The van der Waals surface area contributed by atoms with Crippen LogP contribution in [0, 0.1) is 0 Å². The molecule has 0 saturated heterocycles. The van der Waals surface area contributed by atoms with Crippen LogP contribution in [0.3, 0.4) is 0 Å². The molecule has 0 bridgehead atoms. The molecule has 6 aromatic rings. The fourth-order valence-electron chi connectivity index (χ4n) is 8.09. The van der Waals surface area contributed by atoms with Crippen molar-refractivity contribution in [3.8, 4) is 43.9 Å². The molecule has 0 amide bonds. The maximum absolute atomic E-state index is 13.1. The summed E-state index contributed by atoms with van der Waals surface area (Å²) in [4.78, 5) is 40.9. The molecule has 68 heavy (non-hydrogen) atoms. The van der Waals surface area contributed by atoms with E-state index < -0.39 is 24.0 Å². The van der Waals surface area contributed by atoms with E-state index in [0.717, 1.165) is 56.7 Å². The lowest BCUT2D eigenvalue weighted by molar-refractivity contribution is -0.146. The minimum absolute atomic E-state index is 0.330. The number of fused-ring (bicyclic) bond motifs is 1. The standard InChI is InChI=1S/C59H70O8S/c1-4-6-8-10-12-14-15-17-19-23-43-64-49-34-30-47(31-35-49)58(61)66-51-36-26-45(27-37-51)55-53-24-20-21-25-54(53)56(68-55)46-28-38-52(39-29-46)67-59(62)48-32-40-50(41-33-48)65-57(60)44(3)63-42-22-18-16-13-11-9-7-5-2/h20-21,24-41,44H,4-19,22-23,42-43H2,1-3H3/t44-/m0/s1. The van der Waals surface area contributed by atoms with Gasteiger partial charge in [0.05, 0.1) is 17.7 Å². The van der Waals surface area contributed by atoms with Crippen LogP contribution in [0.2, 0.25) is 0 Å². The molecule has 1 heterocycles. The van der Waals surface area contributed by atoms with Crippen LogP contribution >= 0.6 is 11.3 Å². The highest BCUT2D eigenvalue weighted by Crippen LogP contribution is 2.44. The molecule has 6 rings (SSSR count). The predicted octanol–water partition coefficient (Wildman–Crippen LogP) is 16.4. The van der Waals surface area contributed by atoms with Gasteiger partial charge in [-0.25, -0.2) is 14.4 Å². The van der Waals surface area contributed by atoms with Crippen LogP contribution in [0.15, 0.2) is 121 Å². The van der Waals surface area contributed by atoms with E-state index in [0.29, 0.717) is 41.6 Å². The molecule has 1 atom stereocenters. The van der Waals surface area contributed by atoms with Gasteiger partial charge in [-0.3, -0.25) is 0 Å². The molecular formula is C59H70O8S. The molecule has 5 aromatic carbocycles. The van der Waals surface area contributed by atoms with Crippen molar-refractivity contribution in [1.82, 2.24) is 0 Å². The van der Waals surface area contributed by atoms with E-state index in [4.69, 9.17) is 23.7 Å². The van der Waals surface area contributed by atoms with Gasteiger partial charge in [0.2, 0.25) is 0 Å². The zero-order valence-corrected chi connectivity index (χ0v) is 41.3. The Labute approximate surface area is 408 Å². The van der Waals surface area contributed by atoms with E-state index in [-0.39, 0.29) is 0 Å². The van der Waals surface area contributed by atoms with Crippen LogP contribution in [-0.4, -0.2) is 37.2 Å². The Morgan fingerprint density at radius 2 is 0.794 bits per heavy atom. The highest BCUT2D eigenvalue weighted by Gasteiger charge is 2.18.